The van der Waals surface area contributed by atoms with E-state index in [0.29, 0.717) is 17.3 Å². The second-order valence-electron chi connectivity index (χ2n) is 4.48. The van der Waals surface area contributed by atoms with Crippen LogP contribution >= 0.6 is 11.6 Å². The number of hydrogen-bond acceptors (Lipinski definition) is 3. The molecule has 0 saturated heterocycles. The molecule has 1 unspecified atom stereocenters. The predicted octanol–water partition coefficient (Wildman–Crippen LogP) is 1.73. The van der Waals surface area contributed by atoms with Crippen molar-refractivity contribution >= 4 is 29.1 Å². The fourth-order valence-electron chi connectivity index (χ4n) is 1.58. The number of halogens is 1. The Morgan fingerprint density at radius 1 is 1.35 bits per heavy atom. The summed E-state index contributed by atoms with van der Waals surface area (Å²) in [5.74, 6) is -0.282. The number of nitrogens with zero attached hydrogens (tertiary/aromatic N) is 1. The zero-order valence-electron chi connectivity index (χ0n) is 11.9. The van der Waals surface area contributed by atoms with Crippen LogP contribution in [0, 0.1) is 0 Å². The summed E-state index contributed by atoms with van der Waals surface area (Å²) in [6, 6.07) is 6.60. The topological polar surface area (TPSA) is 61.4 Å². The van der Waals surface area contributed by atoms with E-state index >= 15 is 0 Å². The third kappa shape index (κ3) is 4.83. The fraction of sp³-hybridized carbons (Fsp3) is 0.429. The van der Waals surface area contributed by atoms with E-state index in [4.69, 9.17) is 11.6 Å². The third-order valence-corrected chi connectivity index (χ3v) is 3.27. The molecule has 0 fully saturated rings. The number of rotatable bonds is 6. The van der Waals surface area contributed by atoms with E-state index in [1.54, 1.807) is 43.1 Å². The highest BCUT2D eigenvalue weighted by Gasteiger charge is 2.16. The van der Waals surface area contributed by atoms with Gasteiger partial charge in [0.15, 0.2) is 0 Å². The van der Waals surface area contributed by atoms with Crippen LogP contribution in [0.1, 0.15) is 13.8 Å². The highest BCUT2D eigenvalue weighted by molar-refractivity contribution is 6.33. The summed E-state index contributed by atoms with van der Waals surface area (Å²) in [6.45, 7) is 4.32. The van der Waals surface area contributed by atoms with Gasteiger partial charge < -0.3 is 10.2 Å². The second-order valence-corrected chi connectivity index (χ2v) is 4.89. The van der Waals surface area contributed by atoms with E-state index in [9.17, 15) is 9.59 Å². The molecule has 1 aromatic rings. The molecule has 6 heteroatoms. The molecule has 5 nitrogen and oxygen atoms in total. The normalized spacial score (nSPS) is 11.8. The first-order valence-corrected chi connectivity index (χ1v) is 6.86. The minimum absolute atomic E-state index is 0.0435. The van der Waals surface area contributed by atoms with Crippen LogP contribution in [0.2, 0.25) is 5.02 Å². The Labute approximate surface area is 124 Å². The van der Waals surface area contributed by atoms with Crippen LogP contribution in [-0.4, -0.2) is 42.9 Å². The monoisotopic (exact) mass is 297 g/mol. The van der Waals surface area contributed by atoms with Gasteiger partial charge in [0.1, 0.15) is 0 Å². The molecule has 0 aliphatic carbocycles. The van der Waals surface area contributed by atoms with Crippen LogP contribution in [0.15, 0.2) is 24.3 Å². The van der Waals surface area contributed by atoms with Gasteiger partial charge in [-0.3, -0.25) is 14.9 Å². The maximum atomic E-state index is 11.8. The average molecular weight is 298 g/mol. The lowest BCUT2D eigenvalue weighted by molar-refractivity contribution is -0.131. The van der Waals surface area contributed by atoms with Gasteiger partial charge in [-0.25, -0.2) is 0 Å². The number of amides is 2. The number of carbonyl (C=O) groups is 2. The largest absolute Gasteiger partial charge is 0.345 e. The van der Waals surface area contributed by atoms with E-state index in [1.165, 1.54) is 0 Å². The summed E-state index contributed by atoms with van der Waals surface area (Å²) < 4.78 is 0. The Morgan fingerprint density at radius 3 is 2.60 bits per heavy atom. The quantitative estimate of drug-likeness (QED) is 0.841. The van der Waals surface area contributed by atoms with E-state index in [-0.39, 0.29) is 18.4 Å². The highest BCUT2D eigenvalue weighted by atomic mass is 35.5. The molecule has 2 amide bonds. The molecule has 0 radical (unpaired) electrons. The number of hydrogen-bond donors (Lipinski definition) is 2. The SMILES string of the molecule is CCN(C)C(=O)C(C)NCC(=O)Nc1ccccc1Cl. The molecule has 0 spiro atoms. The number of likely N-dealkylation sites (N-methyl/N-ethyl adjacent to an activating group) is 1. The maximum absolute atomic E-state index is 11.8. The zero-order chi connectivity index (χ0) is 15.1. The molecule has 20 heavy (non-hydrogen) atoms. The van der Waals surface area contributed by atoms with Gasteiger partial charge in [-0.15, -0.1) is 0 Å². The minimum atomic E-state index is -0.406. The summed E-state index contributed by atoms with van der Waals surface area (Å²) in [7, 11) is 1.73. The molecule has 2 N–H and O–H groups in total. The van der Waals surface area contributed by atoms with Gasteiger partial charge in [0, 0.05) is 13.6 Å². The third-order valence-electron chi connectivity index (χ3n) is 2.94. The van der Waals surface area contributed by atoms with Crippen LogP contribution < -0.4 is 10.6 Å². The maximum Gasteiger partial charge on any atom is 0.239 e. The number of carbonyl (C=O) groups excluding carboxylic acids is 2. The lowest BCUT2D eigenvalue weighted by Gasteiger charge is -2.20. The molecule has 110 valence electrons. The smallest absolute Gasteiger partial charge is 0.239 e. The molecule has 1 rings (SSSR count). The van der Waals surface area contributed by atoms with Crippen molar-refractivity contribution in [3.63, 3.8) is 0 Å². The summed E-state index contributed by atoms with van der Waals surface area (Å²) in [6.07, 6.45) is 0. The van der Waals surface area contributed by atoms with Gasteiger partial charge in [-0.1, -0.05) is 23.7 Å². The lowest BCUT2D eigenvalue weighted by Crippen LogP contribution is -2.45. The summed E-state index contributed by atoms with van der Waals surface area (Å²) in [5, 5.41) is 6.06. The minimum Gasteiger partial charge on any atom is -0.345 e. The van der Waals surface area contributed by atoms with Crippen LogP contribution in [0.3, 0.4) is 0 Å². The van der Waals surface area contributed by atoms with Crippen molar-refractivity contribution in [3.8, 4) is 0 Å². The van der Waals surface area contributed by atoms with Gasteiger partial charge in [0.2, 0.25) is 11.8 Å². The van der Waals surface area contributed by atoms with Crippen LogP contribution in [0.25, 0.3) is 0 Å². The van der Waals surface area contributed by atoms with Crippen molar-refractivity contribution in [2.24, 2.45) is 0 Å². The summed E-state index contributed by atoms with van der Waals surface area (Å²) in [4.78, 5) is 25.2. The van der Waals surface area contributed by atoms with Crippen LogP contribution in [-0.2, 0) is 9.59 Å². The zero-order valence-corrected chi connectivity index (χ0v) is 12.7. The molecule has 0 bridgehead atoms. The van der Waals surface area contributed by atoms with Crippen LogP contribution in [0.5, 0.6) is 0 Å². The van der Waals surface area contributed by atoms with Crippen molar-refractivity contribution in [3.05, 3.63) is 29.3 Å². The van der Waals surface area contributed by atoms with Crippen molar-refractivity contribution in [2.45, 2.75) is 19.9 Å². The van der Waals surface area contributed by atoms with E-state index in [0.717, 1.165) is 0 Å². The molecule has 0 aliphatic rings. The van der Waals surface area contributed by atoms with Crippen molar-refractivity contribution < 1.29 is 9.59 Å². The number of para-hydroxylation sites is 1. The molecule has 0 heterocycles. The molecule has 1 aromatic carbocycles. The van der Waals surface area contributed by atoms with E-state index in [2.05, 4.69) is 10.6 Å². The Hall–Kier alpha value is -1.59. The van der Waals surface area contributed by atoms with Crippen molar-refractivity contribution in [2.75, 3.05) is 25.5 Å². The van der Waals surface area contributed by atoms with Crippen molar-refractivity contribution in [1.29, 1.82) is 0 Å². The first kappa shape index (κ1) is 16.5. The molecule has 0 aromatic heterocycles. The number of anilines is 1. The Morgan fingerprint density at radius 2 is 2.00 bits per heavy atom. The standard InChI is InChI=1S/C14H20ClN3O2/c1-4-18(3)14(20)10(2)16-9-13(19)17-12-8-6-5-7-11(12)15/h5-8,10,16H,4,9H2,1-3H3,(H,17,19). The Balaban J connectivity index is 2.44. The Kier molecular flexibility index (Phi) is 6.48. The van der Waals surface area contributed by atoms with Gasteiger partial charge in [-0.2, -0.15) is 0 Å². The van der Waals surface area contributed by atoms with Crippen molar-refractivity contribution in [1.82, 2.24) is 10.2 Å². The van der Waals surface area contributed by atoms with Gasteiger partial charge in [0.05, 0.1) is 23.3 Å². The number of benzene rings is 1. The molecule has 0 saturated carbocycles. The molecule has 0 aliphatic heterocycles. The van der Waals surface area contributed by atoms with Gasteiger partial charge >= 0.3 is 0 Å². The first-order valence-electron chi connectivity index (χ1n) is 6.48. The number of nitrogens with one attached hydrogen (secondary N) is 2. The second kappa shape index (κ2) is 7.87. The summed E-state index contributed by atoms with van der Waals surface area (Å²) in [5.41, 5.74) is 0.561. The Bertz CT molecular complexity index is 479. The lowest BCUT2D eigenvalue weighted by atomic mass is 10.3. The highest BCUT2D eigenvalue weighted by Crippen LogP contribution is 2.19. The predicted molar refractivity (Wildman–Crippen MR) is 80.9 cm³/mol. The van der Waals surface area contributed by atoms with E-state index < -0.39 is 6.04 Å². The molecular formula is C14H20ClN3O2. The fourth-order valence-corrected chi connectivity index (χ4v) is 1.76. The first-order chi connectivity index (χ1) is 9.45. The van der Waals surface area contributed by atoms with Crippen LogP contribution in [0.4, 0.5) is 5.69 Å². The van der Waals surface area contributed by atoms with Gasteiger partial charge in [-0.05, 0) is 26.0 Å². The molecular weight excluding hydrogens is 278 g/mol. The molecule has 1 atom stereocenters. The summed E-state index contributed by atoms with van der Waals surface area (Å²) >= 11 is 5.95. The average Bonchev–Trinajstić information content (AvgIpc) is 2.45. The van der Waals surface area contributed by atoms with Gasteiger partial charge in [0.25, 0.3) is 0 Å². The van der Waals surface area contributed by atoms with E-state index in [1.807, 2.05) is 6.92 Å².